The van der Waals surface area contributed by atoms with Crippen molar-refractivity contribution in [3.05, 3.63) is 73.3 Å². The molecule has 0 bridgehead atoms. The zero-order valence-electron chi connectivity index (χ0n) is 12.3. The van der Waals surface area contributed by atoms with Crippen molar-refractivity contribution in [3.8, 4) is 11.4 Å². The number of nitrogens with zero attached hydrogens (tertiary/aromatic N) is 3. The molecule has 2 heterocycles. The van der Waals surface area contributed by atoms with Gasteiger partial charge in [-0.1, -0.05) is 30.8 Å². The standard InChI is InChI=1S/C18H16N4/c1-13-21(2)16-8-3-4-9-17(16)22(13)15-7-5-6-14(12-15)18-19-10-11-20-18/h3-12H,1H2,2H3,(H,19,20). The third-order valence-electron chi connectivity index (χ3n) is 4.01. The van der Waals surface area contributed by atoms with Crippen LogP contribution in [0.2, 0.25) is 0 Å². The Kier molecular flexibility index (Phi) is 2.76. The van der Waals surface area contributed by atoms with Crippen molar-refractivity contribution in [2.45, 2.75) is 0 Å². The van der Waals surface area contributed by atoms with E-state index in [1.165, 1.54) is 0 Å². The van der Waals surface area contributed by atoms with Gasteiger partial charge in [0.25, 0.3) is 0 Å². The highest BCUT2D eigenvalue weighted by molar-refractivity contribution is 5.88. The molecule has 0 aliphatic carbocycles. The number of aromatic nitrogens is 2. The molecule has 0 fully saturated rings. The average molecular weight is 288 g/mol. The summed E-state index contributed by atoms with van der Waals surface area (Å²) in [5.74, 6) is 1.81. The van der Waals surface area contributed by atoms with Crippen LogP contribution in [0.5, 0.6) is 0 Å². The maximum atomic E-state index is 4.33. The van der Waals surface area contributed by atoms with Crippen molar-refractivity contribution in [2.24, 2.45) is 0 Å². The van der Waals surface area contributed by atoms with Crippen molar-refractivity contribution < 1.29 is 0 Å². The Morgan fingerprint density at radius 1 is 1.05 bits per heavy atom. The Balaban J connectivity index is 1.83. The van der Waals surface area contributed by atoms with Crippen LogP contribution in [-0.4, -0.2) is 17.0 Å². The minimum Gasteiger partial charge on any atom is -0.345 e. The van der Waals surface area contributed by atoms with E-state index in [1.807, 2.05) is 25.4 Å². The fraction of sp³-hybridized carbons (Fsp3) is 0.0556. The second kappa shape index (κ2) is 4.77. The van der Waals surface area contributed by atoms with Crippen LogP contribution in [0.25, 0.3) is 11.4 Å². The molecule has 4 nitrogen and oxygen atoms in total. The molecule has 2 aromatic carbocycles. The monoisotopic (exact) mass is 288 g/mol. The Morgan fingerprint density at radius 3 is 2.64 bits per heavy atom. The summed E-state index contributed by atoms with van der Waals surface area (Å²) in [5.41, 5.74) is 4.44. The normalized spacial score (nSPS) is 13.6. The predicted octanol–water partition coefficient (Wildman–Crippen LogP) is 4.14. The van der Waals surface area contributed by atoms with Gasteiger partial charge in [0.15, 0.2) is 0 Å². The topological polar surface area (TPSA) is 35.2 Å². The highest BCUT2D eigenvalue weighted by Gasteiger charge is 2.28. The Morgan fingerprint density at radius 2 is 1.86 bits per heavy atom. The van der Waals surface area contributed by atoms with Crippen LogP contribution in [0, 0.1) is 0 Å². The van der Waals surface area contributed by atoms with Gasteiger partial charge in [0.05, 0.1) is 11.4 Å². The number of anilines is 3. The predicted molar refractivity (Wildman–Crippen MR) is 90.1 cm³/mol. The van der Waals surface area contributed by atoms with E-state index >= 15 is 0 Å². The molecule has 1 aliphatic rings. The lowest BCUT2D eigenvalue weighted by atomic mass is 10.1. The number of hydrogen-bond acceptors (Lipinski definition) is 3. The summed E-state index contributed by atoms with van der Waals surface area (Å²) in [4.78, 5) is 11.7. The number of aromatic amines is 1. The molecule has 108 valence electrons. The number of rotatable bonds is 2. The summed E-state index contributed by atoms with van der Waals surface area (Å²) in [6, 6.07) is 16.6. The molecule has 4 rings (SSSR count). The molecule has 1 aromatic heterocycles. The number of imidazole rings is 1. The summed E-state index contributed by atoms with van der Waals surface area (Å²) in [6.45, 7) is 4.23. The number of H-pyrrole nitrogens is 1. The van der Waals surface area contributed by atoms with Gasteiger partial charge in [-0.05, 0) is 24.3 Å². The quantitative estimate of drug-likeness (QED) is 0.770. The van der Waals surface area contributed by atoms with Gasteiger partial charge in [-0.15, -0.1) is 0 Å². The molecule has 0 spiro atoms. The van der Waals surface area contributed by atoms with Gasteiger partial charge in [-0.2, -0.15) is 0 Å². The molecule has 4 heteroatoms. The van der Waals surface area contributed by atoms with E-state index in [0.29, 0.717) is 0 Å². The van der Waals surface area contributed by atoms with Crippen LogP contribution < -0.4 is 9.80 Å². The minimum atomic E-state index is 0.869. The molecule has 0 unspecified atom stereocenters. The summed E-state index contributed by atoms with van der Waals surface area (Å²) in [5, 5.41) is 0. The molecule has 0 radical (unpaired) electrons. The Bertz CT molecular complexity index is 836. The lowest BCUT2D eigenvalue weighted by Gasteiger charge is -2.22. The molecule has 0 atom stereocenters. The van der Waals surface area contributed by atoms with Gasteiger partial charge >= 0.3 is 0 Å². The van der Waals surface area contributed by atoms with E-state index in [-0.39, 0.29) is 0 Å². The Labute approximate surface area is 129 Å². The van der Waals surface area contributed by atoms with E-state index in [1.54, 1.807) is 6.20 Å². The average Bonchev–Trinajstić information content (AvgIpc) is 3.17. The third-order valence-corrected chi connectivity index (χ3v) is 4.01. The minimum absolute atomic E-state index is 0.869. The summed E-state index contributed by atoms with van der Waals surface area (Å²) >= 11 is 0. The van der Waals surface area contributed by atoms with Crippen LogP contribution in [0.15, 0.2) is 73.3 Å². The molecular weight excluding hydrogens is 272 g/mol. The van der Waals surface area contributed by atoms with Crippen molar-refractivity contribution in [1.82, 2.24) is 9.97 Å². The second-order valence-electron chi connectivity index (χ2n) is 5.29. The van der Waals surface area contributed by atoms with Gasteiger partial charge in [-0.3, -0.25) is 4.90 Å². The lowest BCUT2D eigenvalue weighted by molar-refractivity contribution is 1.09. The zero-order chi connectivity index (χ0) is 15.1. The van der Waals surface area contributed by atoms with E-state index in [9.17, 15) is 0 Å². The summed E-state index contributed by atoms with van der Waals surface area (Å²) in [6.07, 6.45) is 3.60. The summed E-state index contributed by atoms with van der Waals surface area (Å²) in [7, 11) is 2.04. The van der Waals surface area contributed by atoms with E-state index in [0.717, 1.165) is 34.3 Å². The van der Waals surface area contributed by atoms with E-state index in [2.05, 4.69) is 62.7 Å². The van der Waals surface area contributed by atoms with Crippen LogP contribution >= 0.6 is 0 Å². The van der Waals surface area contributed by atoms with Gasteiger partial charge in [0, 0.05) is 30.7 Å². The Hall–Kier alpha value is -3.01. The molecule has 3 aromatic rings. The molecule has 1 aliphatic heterocycles. The van der Waals surface area contributed by atoms with Gasteiger partial charge in [0.2, 0.25) is 0 Å². The zero-order valence-corrected chi connectivity index (χ0v) is 12.3. The van der Waals surface area contributed by atoms with Crippen LogP contribution in [0.1, 0.15) is 0 Å². The molecule has 0 saturated carbocycles. The SMILES string of the molecule is C=C1N(C)c2ccccc2N1c1cccc(-c2ncc[nH]2)c1. The van der Waals surface area contributed by atoms with Crippen molar-refractivity contribution in [1.29, 1.82) is 0 Å². The molecule has 0 saturated heterocycles. The maximum Gasteiger partial charge on any atom is 0.137 e. The highest BCUT2D eigenvalue weighted by Crippen LogP contribution is 2.44. The molecule has 1 N–H and O–H groups in total. The number of para-hydroxylation sites is 2. The summed E-state index contributed by atoms with van der Waals surface area (Å²) < 4.78 is 0. The van der Waals surface area contributed by atoms with Gasteiger partial charge < -0.3 is 9.88 Å². The van der Waals surface area contributed by atoms with Crippen molar-refractivity contribution in [2.75, 3.05) is 16.8 Å². The first-order valence-corrected chi connectivity index (χ1v) is 7.17. The first kappa shape index (κ1) is 12.7. The van der Waals surface area contributed by atoms with Crippen molar-refractivity contribution in [3.63, 3.8) is 0 Å². The number of hydrogen-bond donors (Lipinski definition) is 1. The second-order valence-corrected chi connectivity index (χ2v) is 5.29. The number of benzene rings is 2. The fourth-order valence-electron chi connectivity index (χ4n) is 2.87. The van der Waals surface area contributed by atoms with E-state index in [4.69, 9.17) is 0 Å². The smallest absolute Gasteiger partial charge is 0.137 e. The first-order valence-electron chi connectivity index (χ1n) is 7.17. The molecular formula is C18H16N4. The molecule has 0 amide bonds. The first-order chi connectivity index (χ1) is 10.8. The molecule has 22 heavy (non-hydrogen) atoms. The van der Waals surface area contributed by atoms with E-state index < -0.39 is 0 Å². The third kappa shape index (κ3) is 1.81. The van der Waals surface area contributed by atoms with Gasteiger partial charge in [-0.25, -0.2) is 4.98 Å². The van der Waals surface area contributed by atoms with Gasteiger partial charge in [0.1, 0.15) is 11.6 Å². The van der Waals surface area contributed by atoms with Crippen LogP contribution in [-0.2, 0) is 0 Å². The highest BCUT2D eigenvalue weighted by atomic mass is 15.4. The maximum absolute atomic E-state index is 4.33. The number of nitrogens with one attached hydrogen (secondary N) is 1. The fourth-order valence-corrected chi connectivity index (χ4v) is 2.87. The number of fused-ring (bicyclic) bond motifs is 1. The van der Waals surface area contributed by atoms with Crippen molar-refractivity contribution >= 4 is 17.1 Å². The van der Waals surface area contributed by atoms with Crippen LogP contribution in [0.3, 0.4) is 0 Å². The van der Waals surface area contributed by atoms with Crippen LogP contribution in [0.4, 0.5) is 17.1 Å². The largest absolute Gasteiger partial charge is 0.345 e. The lowest BCUT2D eigenvalue weighted by Crippen LogP contribution is -2.20.